The number of amides is 2. The van der Waals surface area contributed by atoms with Gasteiger partial charge in [0.1, 0.15) is 0 Å². The zero-order valence-electron chi connectivity index (χ0n) is 13.6. The maximum absolute atomic E-state index is 13.2. The number of rotatable bonds is 1. The summed E-state index contributed by atoms with van der Waals surface area (Å²) in [5, 5.41) is 6.22. The molecule has 0 aromatic heterocycles. The standard InChI is InChI=1S/C17H21N3O3.ClH/c1-10-16(21)19-14-4-2-3-13(15(14)23-10)17(22)20-11-5-6-12(20)9-18-8-7-11;/h2-4,10-12,18H,5-9H2,1H3,(H,19,21);1H. The summed E-state index contributed by atoms with van der Waals surface area (Å²) in [6, 6.07) is 5.91. The number of para-hydroxylation sites is 1. The molecule has 2 N–H and O–H groups in total. The first-order chi connectivity index (χ1) is 11.1. The molecular formula is C17H22ClN3O3. The van der Waals surface area contributed by atoms with Crippen LogP contribution >= 0.6 is 12.4 Å². The zero-order valence-corrected chi connectivity index (χ0v) is 14.4. The van der Waals surface area contributed by atoms with E-state index in [1.54, 1.807) is 25.1 Å². The first-order valence-corrected chi connectivity index (χ1v) is 8.29. The van der Waals surface area contributed by atoms with Gasteiger partial charge in [-0.3, -0.25) is 9.59 Å². The number of fused-ring (bicyclic) bond motifs is 3. The lowest BCUT2D eigenvalue weighted by Gasteiger charge is -2.30. The molecule has 3 aliphatic rings. The predicted molar refractivity (Wildman–Crippen MR) is 92.9 cm³/mol. The molecular weight excluding hydrogens is 330 g/mol. The van der Waals surface area contributed by atoms with Crippen molar-refractivity contribution in [2.45, 2.75) is 44.4 Å². The fourth-order valence-electron chi connectivity index (χ4n) is 3.85. The van der Waals surface area contributed by atoms with Crippen LogP contribution in [-0.4, -0.2) is 48.0 Å². The van der Waals surface area contributed by atoms with Gasteiger partial charge >= 0.3 is 0 Å². The molecule has 6 nitrogen and oxygen atoms in total. The highest BCUT2D eigenvalue weighted by Crippen LogP contribution is 2.37. The second kappa shape index (κ2) is 6.61. The van der Waals surface area contributed by atoms with Crippen LogP contribution in [0.3, 0.4) is 0 Å². The number of nitrogens with one attached hydrogen (secondary N) is 2. The Labute approximate surface area is 147 Å². The van der Waals surface area contributed by atoms with Crippen LogP contribution < -0.4 is 15.4 Å². The second-order valence-corrected chi connectivity index (χ2v) is 6.52. The van der Waals surface area contributed by atoms with Gasteiger partial charge in [0.15, 0.2) is 11.9 Å². The highest BCUT2D eigenvalue weighted by Gasteiger charge is 2.40. The Morgan fingerprint density at radius 1 is 1.25 bits per heavy atom. The number of benzene rings is 1. The smallest absolute Gasteiger partial charge is 0.265 e. The summed E-state index contributed by atoms with van der Waals surface area (Å²) in [6.45, 7) is 3.51. The summed E-state index contributed by atoms with van der Waals surface area (Å²) >= 11 is 0. The van der Waals surface area contributed by atoms with Gasteiger partial charge in [-0.25, -0.2) is 0 Å². The van der Waals surface area contributed by atoms with Gasteiger partial charge in [0, 0.05) is 18.6 Å². The summed E-state index contributed by atoms with van der Waals surface area (Å²) in [7, 11) is 0. The monoisotopic (exact) mass is 351 g/mol. The molecule has 2 amide bonds. The zero-order chi connectivity index (χ0) is 16.0. The SMILES string of the molecule is CC1Oc2c(cccc2C(=O)N2C3CCNCC2CC3)NC1=O.Cl. The van der Waals surface area contributed by atoms with Crippen molar-refractivity contribution >= 4 is 29.9 Å². The minimum atomic E-state index is -0.584. The van der Waals surface area contributed by atoms with Crippen molar-refractivity contribution < 1.29 is 14.3 Å². The molecule has 0 saturated carbocycles. The maximum atomic E-state index is 13.2. The third-order valence-corrected chi connectivity index (χ3v) is 5.06. The Morgan fingerprint density at radius 2 is 2.04 bits per heavy atom. The molecule has 7 heteroatoms. The molecule has 2 saturated heterocycles. The van der Waals surface area contributed by atoms with Crippen molar-refractivity contribution in [3.05, 3.63) is 23.8 Å². The molecule has 3 heterocycles. The fourth-order valence-corrected chi connectivity index (χ4v) is 3.85. The van der Waals surface area contributed by atoms with E-state index < -0.39 is 6.10 Å². The Kier molecular flexibility index (Phi) is 4.69. The molecule has 2 bridgehead atoms. The summed E-state index contributed by atoms with van der Waals surface area (Å²) in [4.78, 5) is 27.0. The molecule has 130 valence electrons. The van der Waals surface area contributed by atoms with E-state index in [1.165, 1.54) is 0 Å². The molecule has 3 unspecified atom stereocenters. The van der Waals surface area contributed by atoms with Gasteiger partial charge in [-0.2, -0.15) is 0 Å². The molecule has 0 aliphatic carbocycles. The number of carbonyl (C=O) groups excluding carboxylic acids is 2. The number of halogens is 1. The van der Waals surface area contributed by atoms with E-state index in [2.05, 4.69) is 10.6 Å². The quantitative estimate of drug-likeness (QED) is 0.809. The first-order valence-electron chi connectivity index (χ1n) is 8.29. The third-order valence-electron chi connectivity index (χ3n) is 5.06. The molecule has 1 aromatic rings. The summed E-state index contributed by atoms with van der Waals surface area (Å²) in [6.07, 6.45) is 2.53. The van der Waals surface area contributed by atoms with Crippen LogP contribution in [0.2, 0.25) is 0 Å². The first kappa shape index (κ1) is 17.0. The van der Waals surface area contributed by atoms with E-state index in [9.17, 15) is 9.59 Å². The van der Waals surface area contributed by atoms with Gasteiger partial charge in [0.2, 0.25) is 0 Å². The van der Waals surface area contributed by atoms with Crippen molar-refractivity contribution in [3.63, 3.8) is 0 Å². The molecule has 0 spiro atoms. The van der Waals surface area contributed by atoms with Crippen molar-refractivity contribution in [1.82, 2.24) is 10.2 Å². The van der Waals surface area contributed by atoms with Gasteiger partial charge in [-0.1, -0.05) is 6.07 Å². The lowest BCUT2D eigenvalue weighted by molar-refractivity contribution is -0.122. The summed E-state index contributed by atoms with van der Waals surface area (Å²) in [5.41, 5.74) is 1.13. The molecule has 24 heavy (non-hydrogen) atoms. The van der Waals surface area contributed by atoms with Gasteiger partial charge in [-0.15, -0.1) is 12.4 Å². The van der Waals surface area contributed by atoms with Crippen molar-refractivity contribution in [2.75, 3.05) is 18.4 Å². The lowest BCUT2D eigenvalue weighted by Crippen LogP contribution is -2.43. The number of carbonyl (C=O) groups is 2. The maximum Gasteiger partial charge on any atom is 0.265 e. The Balaban J connectivity index is 0.00000169. The van der Waals surface area contributed by atoms with E-state index in [4.69, 9.17) is 4.74 Å². The van der Waals surface area contributed by atoms with Crippen LogP contribution in [0.25, 0.3) is 0 Å². The summed E-state index contributed by atoms with van der Waals surface area (Å²) in [5.74, 6) is 0.337. The van der Waals surface area contributed by atoms with Gasteiger partial charge in [0.05, 0.1) is 11.3 Å². The summed E-state index contributed by atoms with van der Waals surface area (Å²) < 4.78 is 5.73. The molecule has 1 aromatic carbocycles. The Hall–Kier alpha value is -1.79. The number of anilines is 1. The normalized spacial score (nSPS) is 28.1. The Bertz CT molecular complexity index is 652. The van der Waals surface area contributed by atoms with Crippen LogP contribution in [0.1, 0.15) is 36.5 Å². The number of ether oxygens (including phenoxy) is 1. The predicted octanol–water partition coefficient (Wildman–Crippen LogP) is 1.79. The van der Waals surface area contributed by atoms with Crippen molar-refractivity contribution in [3.8, 4) is 5.75 Å². The number of hydrogen-bond acceptors (Lipinski definition) is 4. The molecule has 2 fully saturated rings. The molecule has 3 atom stereocenters. The second-order valence-electron chi connectivity index (χ2n) is 6.52. The lowest BCUT2D eigenvalue weighted by atomic mass is 10.1. The minimum Gasteiger partial charge on any atom is -0.478 e. The average molecular weight is 352 g/mol. The largest absolute Gasteiger partial charge is 0.478 e. The average Bonchev–Trinajstić information content (AvgIpc) is 2.80. The van der Waals surface area contributed by atoms with Gasteiger partial charge < -0.3 is 20.3 Å². The van der Waals surface area contributed by atoms with Crippen LogP contribution in [-0.2, 0) is 4.79 Å². The van der Waals surface area contributed by atoms with Crippen LogP contribution in [0.15, 0.2) is 18.2 Å². The van der Waals surface area contributed by atoms with E-state index in [0.29, 0.717) is 23.0 Å². The van der Waals surface area contributed by atoms with E-state index in [0.717, 1.165) is 32.4 Å². The van der Waals surface area contributed by atoms with Crippen molar-refractivity contribution in [1.29, 1.82) is 0 Å². The highest BCUT2D eigenvalue weighted by atomic mass is 35.5. The topological polar surface area (TPSA) is 70.7 Å². The molecule has 4 rings (SSSR count). The Morgan fingerprint density at radius 3 is 2.88 bits per heavy atom. The third kappa shape index (κ3) is 2.74. The van der Waals surface area contributed by atoms with Crippen LogP contribution in [0.4, 0.5) is 5.69 Å². The van der Waals surface area contributed by atoms with E-state index in [1.807, 2.05) is 4.90 Å². The van der Waals surface area contributed by atoms with Gasteiger partial charge in [0.25, 0.3) is 11.8 Å². The van der Waals surface area contributed by atoms with E-state index in [-0.39, 0.29) is 30.3 Å². The van der Waals surface area contributed by atoms with Crippen molar-refractivity contribution in [2.24, 2.45) is 0 Å². The minimum absolute atomic E-state index is 0. The fraction of sp³-hybridized carbons (Fsp3) is 0.529. The molecule has 0 radical (unpaired) electrons. The molecule has 3 aliphatic heterocycles. The van der Waals surface area contributed by atoms with Crippen LogP contribution in [0, 0.1) is 0 Å². The number of nitrogens with zero attached hydrogens (tertiary/aromatic N) is 1. The number of hydrogen-bond donors (Lipinski definition) is 2. The van der Waals surface area contributed by atoms with E-state index >= 15 is 0 Å². The van der Waals surface area contributed by atoms with Crippen LogP contribution in [0.5, 0.6) is 5.75 Å². The highest BCUT2D eigenvalue weighted by molar-refractivity contribution is 6.04. The van der Waals surface area contributed by atoms with Gasteiger partial charge in [-0.05, 0) is 44.9 Å².